The van der Waals surface area contributed by atoms with Gasteiger partial charge in [0, 0.05) is 18.1 Å². The number of primary amides is 1. The Morgan fingerprint density at radius 2 is 2.13 bits per heavy atom. The van der Waals surface area contributed by atoms with Crippen molar-refractivity contribution < 1.29 is 18.7 Å². The molecule has 1 aromatic rings. The normalized spacial score (nSPS) is 10.8. The Hall–Kier alpha value is -1.91. The van der Waals surface area contributed by atoms with Crippen molar-refractivity contribution in [3.05, 3.63) is 35.4 Å². The van der Waals surface area contributed by atoms with Gasteiger partial charge in [-0.05, 0) is 6.07 Å². The fourth-order valence-electron chi connectivity index (χ4n) is 1.01. The highest BCUT2D eigenvalue weighted by molar-refractivity contribution is 5.76. The largest absolute Gasteiger partial charge is 0.504 e. The van der Waals surface area contributed by atoms with E-state index in [2.05, 4.69) is 0 Å². The Morgan fingerprint density at radius 1 is 1.47 bits per heavy atom. The molecule has 1 amide bonds. The minimum absolute atomic E-state index is 0.0336. The second-order valence-electron chi connectivity index (χ2n) is 2.90. The molecule has 0 aliphatic rings. The molecule has 0 fully saturated rings. The zero-order chi connectivity index (χ0) is 11.4. The summed E-state index contributed by atoms with van der Waals surface area (Å²) in [5.41, 5.74) is 4.82. The van der Waals surface area contributed by atoms with E-state index in [0.29, 0.717) is 6.07 Å². The molecular weight excluding hydrogens is 204 g/mol. The van der Waals surface area contributed by atoms with E-state index < -0.39 is 23.3 Å². The molecule has 15 heavy (non-hydrogen) atoms. The summed E-state index contributed by atoms with van der Waals surface area (Å²) >= 11 is 0. The summed E-state index contributed by atoms with van der Waals surface area (Å²) in [6.07, 6.45) is 2.49. The third-order valence-electron chi connectivity index (χ3n) is 1.67. The van der Waals surface area contributed by atoms with Gasteiger partial charge in [0.25, 0.3) is 0 Å². The van der Waals surface area contributed by atoms with Crippen LogP contribution in [0, 0.1) is 11.6 Å². The van der Waals surface area contributed by atoms with Crippen molar-refractivity contribution >= 4 is 12.0 Å². The lowest BCUT2D eigenvalue weighted by Gasteiger charge is -2.00. The fourth-order valence-corrected chi connectivity index (χ4v) is 1.01. The van der Waals surface area contributed by atoms with E-state index in [-0.39, 0.29) is 12.0 Å². The molecule has 0 bridgehead atoms. The minimum atomic E-state index is -1.05. The summed E-state index contributed by atoms with van der Waals surface area (Å²) in [5, 5.41) is 9.18. The van der Waals surface area contributed by atoms with Crippen LogP contribution in [-0.4, -0.2) is 11.0 Å². The molecule has 80 valence electrons. The first-order valence-electron chi connectivity index (χ1n) is 4.13. The van der Waals surface area contributed by atoms with Crippen LogP contribution in [-0.2, 0) is 4.79 Å². The lowest BCUT2D eigenvalue weighted by atomic mass is 10.1. The molecule has 1 aromatic carbocycles. The second-order valence-corrected chi connectivity index (χ2v) is 2.90. The molecule has 0 aliphatic carbocycles. The molecule has 0 aromatic heterocycles. The SMILES string of the molecule is NC(=O)CC=Cc1cc(F)cc(F)c1O. The van der Waals surface area contributed by atoms with Gasteiger partial charge in [0.1, 0.15) is 5.82 Å². The Morgan fingerprint density at radius 3 is 2.73 bits per heavy atom. The van der Waals surface area contributed by atoms with E-state index in [4.69, 9.17) is 5.73 Å². The van der Waals surface area contributed by atoms with Crippen LogP contribution in [0.5, 0.6) is 5.75 Å². The highest BCUT2D eigenvalue weighted by Crippen LogP contribution is 2.23. The van der Waals surface area contributed by atoms with Crippen LogP contribution < -0.4 is 5.73 Å². The Bertz CT molecular complexity index is 416. The van der Waals surface area contributed by atoms with Crippen LogP contribution in [0.4, 0.5) is 8.78 Å². The van der Waals surface area contributed by atoms with Gasteiger partial charge < -0.3 is 10.8 Å². The van der Waals surface area contributed by atoms with Crippen molar-refractivity contribution in [2.24, 2.45) is 5.73 Å². The zero-order valence-electron chi connectivity index (χ0n) is 7.71. The number of benzene rings is 1. The molecule has 0 saturated carbocycles. The number of carbonyl (C=O) groups excluding carboxylic acids is 1. The van der Waals surface area contributed by atoms with Crippen LogP contribution in [0.3, 0.4) is 0 Å². The number of amides is 1. The highest BCUT2D eigenvalue weighted by atomic mass is 19.1. The van der Waals surface area contributed by atoms with Gasteiger partial charge in [-0.3, -0.25) is 4.79 Å². The molecular formula is C10H9F2NO2. The van der Waals surface area contributed by atoms with E-state index in [1.807, 2.05) is 0 Å². The Balaban J connectivity index is 2.94. The monoisotopic (exact) mass is 213 g/mol. The first-order valence-corrected chi connectivity index (χ1v) is 4.13. The van der Waals surface area contributed by atoms with Crippen molar-refractivity contribution in [1.82, 2.24) is 0 Å². The van der Waals surface area contributed by atoms with Crippen LogP contribution in [0.15, 0.2) is 18.2 Å². The summed E-state index contributed by atoms with van der Waals surface area (Å²) < 4.78 is 25.5. The Kier molecular flexibility index (Phi) is 3.38. The van der Waals surface area contributed by atoms with Crippen LogP contribution in [0.2, 0.25) is 0 Å². The van der Waals surface area contributed by atoms with Crippen molar-refractivity contribution in [2.75, 3.05) is 0 Å². The maximum atomic E-state index is 12.8. The molecule has 0 radical (unpaired) electrons. The first-order chi connectivity index (χ1) is 7.00. The van der Waals surface area contributed by atoms with Gasteiger partial charge in [-0.25, -0.2) is 8.78 Å². The van der Waals surface area contributed by atoms with E-state index >= 15 is 0 Å². The molecule has 0 saturated heterocycles. The molecule has 3 nitrogen and oxygen atoms in total. The maximum Gasteiger partial charge on any atom is 0.221 e. The van der Waals surface area contributed by atoms with E-state index in [1.165, 1.54) is 12.2 Å². The highest BCUT2D eigenvalue weighted by Gasteiger charge is 2.07. The molecule has 5 heteroatoms. The maximum absolute atomic E-state index is 12.8. The summed E-state index contributed by atoms with van der Waals surface area (Å²) in [4.78, 5) is 10.4. The molecule has 0 aliphatic heterocycles. The van der Waals surface area contributed by atoms with Crippen molar-refractivity contribution in [3.8, 4) is 5.75 Å². The lowest BCUT2D eigenvalue weighted by molar-refractivity contribution is -0.117. The van der Waals surface area contributed by atoms with Gasteiger partial charge in [0.2, 0.25) is 5.91 Å². The van der Waals surface area contributed by atoms with Crippen LogP contribution >= 0.6 is 0 Å². The number of phenols is 1. The minimum Gasteiger partial charge on any atom is -0.504 e. The number of phenolic OH excluding ortho intramolecular Hbond substituents is 1. The third-order valence-corrected chi connectivity index (χ3v) is 1.67. The average molecular weight is 213 g/mol. The lowest BCUT2D eigenvalue weighted by Crippen LogP contribution is -2.07. The van der Waals surface area contributed by atoms with E-state index in [1.54, 1.807) is 0 Å². The van der Waals surface area contributed by atoms with E-state index in [9.17, 15) is 18.7 Å². The molecule has 3 N–H and O–H groups in total. The third kappa shape index (κ3) is 3.05. The molecule has 0 heterocycles. The van der Waals surface area contributed by atoms with Gasteiger partial charge in [0.05, 0.1) is 0 Å². The quantitative estimate of drug-likeness (QED) is 0.800. The molecule has 1 rings (SSSR count). The van der Waals surface area contributed by atoms with Gasteiger partial charge in [0.15, 0.2) is 11.6 Å². The summed E-state index contributed by atoms with van der Waals surface area (Å²) in [5.74, 6) is -3.07. The predicted molar refractivity (Wildman–Crippen MR) is 50.9 cm³/mol. The first kappa shape index (κ1) is 11.2. The second kappa shape index (κ2) is 4.54. The topological polar surface area (TPSA) is 63.3 Å². The fraction of sp³-hybridized carbons (Fsp3) is 0.100. The van der Waals surface area contributed by atoms with Crippen LogP contribution in [0.1, 0.15) is 12.0 Å². The molecule has 0 spiro atoms. The Labute approximate surface area is 84.8 Å². The predicted octanol–water partition coefficient (Wildman–Crippen LogP) is 1.56. The number of halogens is 2. The standard InChI is InChI=1S/C10H9F2NO2/c11-7-4-6(2-1-3-9(13)14)10(15)8(12)5-7/h1-2,4-5,15H,3H2,(H2,13,14). The number of rotatable bonds is 3. The van der Waals surface area contributed by atoms with Gasteiger partial charge >= 0.3 is 0 Å². The van der Waals surface area contributed by atoms with Crippen LogP contribution in [0.25, 0.3) is 6.08 Å². The van der Waals surface area contributed by atoms with Crippen molar-refractivity contribution in [1.29, 1.82) is 0 Å². The van der Waals surface area contributed by atoms with Gasteiger partial charge in [-0.2, -0.15) is 0 Å². The summed E-state index contributed by atoms with van der Waals surface area (Å²) in [7, 11) is 0. The van der Waals surface area contributed by atoms with Crippen molar-refractivity contribution in [2.45, 2.75) is 6.42 Å². The number of nitrogens with two attached hydrogens (primary N) is 1. The number of carbonyl (C=O) groups is 1. The molecule has 0 unspecified atom stereocenters. The summed E-state index contributed by atoms with van der Waals surface area (Å²) in [6, 6.07) is 1.52. The number of aromatic hydroxyl groups is 1. The van der Waals surface area contributed by atoms with Crippen molar-refractivity contribution in [3.63, 3.8) is 0 Å². The number of hydrogen-bond acceptors (Lipinski definition) is 2. The average Bonchev–Trinajstić information content (AvgIpc) is 2.12. The summed E-state index contributed by atoms with van der Waals surface area (Å²) in [6.45, 7) is 0. The number of hydrogen-bond donors (Lipinski definition) is 2. The van der Waals surface area contributed by atoms with Gasteiger partial charge in [-0.15, -0.1) is 0 Å². The molecule has 0 atom stereocenters. The smallest absolute Gasteiger partial charge is 0.221 e. The zero-order valence-corrected chi connectivity index (χ0v) is 7.71. The van der Waals surface area contributed by atoms with Gasteiger partial charge in [-0.1, -0.05) is 12.2 Å². The van der Waals surface area contributed by atoms with E-state index in [0.717, 1.165) is 6.07 Å².